The lowest BCUT2D eigenvalue weighted by Gasteiger charge is -2.23. The fraction of sp³-hybridized carbons (Fsp3) is 0.423. The summed E-state index contributed by atoms with van der Waals surface area (Å²) in [6, 6.07) is 13.7. The summed E-state index contributed by atoms with van der Waals surface area (Å²) in [4.78, 5) is 15.9. The van der Waals surface area contributed by atoms with Crippen LogP contribution in [0.1, 0.15) is 23.0 Å². The quantitative estimate of drug-likeness (QED) is 0.197. The van der Waals surface area contributed by atoms with Crippen molar-refractivity contribution < 1.29 is 29.6 Å². The van der Waals surface area contributed by atoms with Crippen LogP contribution in [0.25, 0.3) is 10.9 Å². The van der Waals surface area contributed by atoms with E-state index in [1.807, 2.05) is 48.0 Å². The van der Waals surface area contributed by atoms with Gasteiger partial charge in [0, 0.05) is 48.4 Å². The van der Waals surface area contributed by atoms with E-state index >= 15 is 0 Å². The fourth-order valence-corrected chi connectivity index (χ4v) is 5.42. The van der Waals surface area contributed by atoms with Gasteiger partial charge in [0.05, 0.1) is 35.4 Å². The molecule has 1 atom stereocenters. The topological polar surface area (TPSA) is 104 Å². The maximum Gasteiger partial charge on any atom is 0.340 e. The zero-order valence-electron chi connectivity index (χ0n) is 20.5. The maximum atomic E-state index is 13.0. The van der Waals surface area contributed by atoms with E-state index in [0.717, 1.165) is 21.5 Å². The molecule has 0 saturated carbocycles. The van der Waals surface area contributed by atoms with Crippen LogP contribution in [0.2, 0.25) is 0 Å². The Kier molecular flexibility index (Phi) is 11.1. The van der Waals surface area contributed by atoms with Gasteiger partial charge in [0.2, 0.25) is 0 Å². The van der Waals surface area contributed by atoms with Gasteiger partial charge in [-0.15, -0.1) is 11.8 Å². The van der Waals surface area contributed by atoms with Crippen LogP contribution in [0, 0.1) is 0 Å². The number of nitrogens with zero attached hydrogens (tertiary/aromatic N) is 2. The number of rotatable bonds is 14. The summed E-state index contributed by atoms with van der Waals surface area (Å²) in [5.74, 6) is 0.695. The number of aromatic nitrogens is 1. The minimum absolute atomic E-state index is 0.00968. The SMILES string of the molecule is CCOC(=O)c1c(CSc2ccccc2)n(C)c2cc(Br)c(OCC(O)CN(CCO)CCO)cc12. The lowest BCUT2D eigenvalue weighted by molar-refractivity contribution is 0.0525. The minimum atomic E-state index is -0.830. The van der Waals surface area contributed by atoms with Crippen LogP contribution in [0.5, 0.6) is 5.75 Å². The zero-order chi connectivity index (χ0) is 26.1. The highest BCUT2D eigenvalue weighted by molar-refractivity contribution is 9.10. The second-order valence-electron chi connectivity index (χ2n) is 8.22. The Labute approximate surface area is 223 Å². The van der Waals surface area contributed by atoms with E-state index in [4.69, 9.17) is 9.47 Å². The van der Waals surface area contributed by atoms with Crippen molar-refractivity contribution in [1.29, 1.82) is 0 Å². The average Bonchev–Trinajstić information content (AvgIpc) is 3.13. The Hall–Kier alpha value is -2.08. The highest BCUT2D eigenvalue weighted by Crippen LogP contribution is 2.37. The molecular weight excluding hydrogens is 548 g/mol. The standard InChI is InChI=1S/C26H33BrN2O6S/c1-3-34-26(33)25-20-13-24(35-16-18(32)15-29(9-11-30)10-12-31)21(27)14-22(20)28(2)23(25)17-36-19-7-5-4-6-8-19/h4-8,13-14,18,30-32H,3,9-12,15-17H2,1-2H3. The molecule has 3 N–H and O–H groups in total. The molecule has 1 unspecified atom stereocenters. The van der Waals surface area contributed by atoms with Crippen molar-refractivity contribution in [3.63, 3.8) is 0 Å². The van der Waals surface area contributed by atoms with Crippen molar-refractivity contribution in [3.8, 4) is 5.75 Å². The van der Waals surface area contributed by atoms with E-state index in [1.54, 1.807) is 29.7 Å². The van der Waals surface area contributed by atoms with Crippen molar-refractivity contribution in [3.05, 3.63) is 58.2 Å². The number of esters is 1. The van der Waals surface area contributed by atoms with Crippen molar-refractivity contribution >= 4 is 44.6 Å². The van der Waals surface area contributed by atoms with E-state index in [9.17, 15) is 20.1 Å². The van der Waals surface area contributed by atoms with Crippen molar-refractivity contribution in [1.82, 2.24) is 9.47 Å². The van der Waals surface area contributed by atoms with Gasteiger partial charge in [0.25, 0.3) is 0 Å². The molecule has 0 fully saturated rings. The first-order chi connectivity index (χ1) is 17.4. The fourth-order valence-electron chi connectivity index (χ4n) is 3.98. The van der Waals surface area contributed by atoms with Gasteiger partial charge in [0.15, 0.2) is 0 Å². The molecule has 1 heterocycles. The normalized spacial score (nSPS) is 12.3. The molecule has 0 aliphatic rings. The molecule has 0 saturated heterocycles. The van der Waals surface area contributed by atoms with Gasteiger partial charge in [0.1, 0.15) is 18.5 Å². The van der Waals surface area contributed by atoms with Gasteiger partial charge >= 0.3 is 5.97 Å². The highest BCUT2D eigenvalue weighted by atomic mass is 79.9. The van der Waals surface area contributed by atoms with Gasteiger partial charge in [-0.2, -0.15) is 0 Å². The summed E-state index contributed by atoms with van der Waals surface area (Å²) in [7, 11) is 1.93. The maximum absolute atomic E-state index is 13.0. The number of fused-ring (bicyclic) bond motifs is 1. The molecule has 2 aromatic carbocycles. The average molecular weight is 582 g/mol. The number of carbonyl (C=O) groups excluding carboxylic acids is 1. The highest BCUT2D eigenvalue weighted by Gasteiger charge is 2.24. The number of thioether (sulfide) groups is 1. The molecule has 196 valence electrons. The van der Waals surface area contributed by atoms with Crippen LogP contribution in [0.3, 0.4) is 0 Å². The van der Waals surface area contributed by atoms with Gasteiger partial charge in [-0.25, -0.2) is 4.79 Å². The minimum Gasteiger partial charge on any atom is -0.490 e. The lowest BCUT2D eigenvalue weighted by atomic mass is 10.1. The number of aryl methyl sites for hydroxylation is 1. The number of hydrogen-bond acceptors (Lipinski definition) is 8. The Morgan fingerprint density at radius 2 is 1.86 bits per heavy atom. The molecule has 0 spiro atoms. The second kappa shape index (κ2) is 14.0. The molecule has 36 heavy (non-hydrogen) atoms. The van der Waals surface area contributed by atoms with E-state index in [-0.39, 0.29) is 38.9 Å². The van der Waals surface area contributed by atoms with Crippen LogP contribution < -0.4 is 4.74 Å². The number of halogens is 1. The molecule has 0 aliphatic carbocycles. The summed E-state index contributed by atoms with van der Waals surface area (Å²) >= 11 is 5.21. The summed E-state index contributed by atoms with van der Waals surface area (Å²) in [6.07, 6.45) is -0.830. The van der Waals surface area contributed by atoms with Gasteiger partial charge in [-0.3, -0.25) is 4.90 Å². The van der Waals surface area contributed by atoms with Gasteiger partial charge < -0.3 is 29.4 Å². The first kappa shape index (κ1) is 28.5. The van der Waals surface area contributed by atoms with Gasteiger partial charge in [-0.1, -0.05) is 18.2 Å². The molecule has 3 aromatic rings. The Bertz CT molecular complexity index is 1130. The molecule has 1 aromatic heterocycles. The predicted octanol–water partition coefficient (Wildman–Crippen LogP) is 3.44. The molecule has 0 radical (unpaired) electrons. The predicted molar refractivity (Wildman–Crippen MR) is 145 cm³/mol. The summed E-state index contributed by atoms with van der Waals surface area (Å²) in [5.41, 5.74) is 2.22. The van der Waals surface area contributed by atoms with E-state index < -0.39 is 6.10 Å². The first-order valence-corrected chi connectivity index (χ1v) is 13.6. The third-order valence-corrected chi connectivity index (χ3v) is 7.35. The monoisotopic (exact) mass is 580 g/mol. The van der Waals surface area contributed by atoms with E-state index in [2.05, 4.69) is 15.9 Å². The lowest BCUT2D eigenvalue weighted by Crippen LogP contribution is -2.38. The largest absolute Gasteiger partial charge is 0.490 e. The number of aliphatic hydroxyl groups is 3. The Balaban J connectivity index is 1.87. The third-order valence-electron chi connectivity index (χ3n) is 5.71. The molecule has 10 heteroatoms. The third kappa shape index (κ3) is 7.24. The number of carbonyl (C=O) groups is 1. The summed E-state index contributed by atoms with van der Waals surface area (Å²) < 4.78 is 14.0. The van der Waals surface area contributed by atoms with E-state index in [1.165, 1.54) is 0 Å². The molecule has 0 amide bonds. The first-order valence-electron chi connectivity index (χ1n) is 11.8. The molecule has 0 aliphatic heterocycles. The van der Waals surface area contributed by atoms with Crippen LogP contribution in [-0.2, 0) is 17.5 Å². The van der Waals surface area contributed by atoms with Crippen LogP contribution in [0.15, 0.2) is 51.8 Å². The molecule has 0 bridgehead atoms. The van der Waals surface area contributed by atoms with Gasteiger partial charge in [-0.05, 0) is 47.1 Å². The zero-order valence-corrected chi connectivity index (χ0v) is 22.9. The van der Waals surface area contributed by atoms with Crippen molar-refractivity contribution in [2.24, 2.45) is 7.05 Å². The number of hydrogen-bond donors (Lipinski definition) is 3. The van der Waals surface area contributed by atoms with Crippen LogP contribution in [0.4, 0.5) is 0 Å². The summed E-state index contributed by atoms with van der Waals surface area (Å²) in [5, 5.41) is 29.5. The Morgan fingerprint density at radius 1 is 1.17 bits per heavy atom. The van der Waals surface area contributed by atoms with Crippen LogP contribution in [-0.4, -0.2) is 82.9 Å². The van der Waals surface area contributed by atoms with Crippen LogP contribution >= 0.6 is 27.7 Å². The Morgan fingerprint density at radius 3 is 2.50 bits per heavy atom. The number of benzene rings is 2. The molecule has 8 nitrogen and oxygen atoms in total. The smallest absolute Gasteiger partial charge is 0.340 e. The molecule has 3 rings (SSSR count). The summed E-state index contributed by atoms with van der Waals surface area (Å²) in [6.45, 7) is 2.89. The second-order valence-corrected chi connectivity index (χ2v) is 10.1. The van der Waals surface area contributed by atoms with Crippen molar-refractivity contribution in [2.75, 3.05) is 46.1 Å². The number of aliphatic hydroxyl groups excluding tert-OH is 3. The molecular formula is C26H33BrN2O6S. The number of ether oxygens (including phenoxy) is 2. The van der Waals surface area contributed by atoms with Crippen molar-refractivity contribution in [2.45, 2.75) is 23.7 Å². The van der Waals surface area contributed by atoms with E-state index in [0.29, 0.717) is 34.6 Å².